The summed E-state index contributed by atoms with van der Waals surface area (Å²) < 4.78 is 0. The third-order valence-electron chi connectivity index (χ3n) is 3.53. The molecule has 1 fully saturated rings. The van der Waals surface area contributed by atoms with Gasteiger partial charge in [0.15, 0.2) is 6.29 Å². The lowest BCUT2D eigenvalue weighted by molar-refractivity contribution is -0.134. The molecule has 5 heteroatoms. The number of imide groups is 1. The van der Waals surface area contributed by atoms with Crippen LogP contribution in [0.5, 0.6) is 0 Å². The number of aldehydes is 1. The summed E-state index contributed by atoms with van der Waals surface area (Å²) in [5.41, 5.74) is 1.83. The van der Waals surface area contributed by atoms with Gasteiger partial charge in [-0.05, 0) is 30.2 Å². The van der Waals surface area contributed by atoms with E-state index in [0.717, 1.165) is 17.2 Å². The first-order chi connectivity index (χ1) is 9.69. The van der Waals surface area contributed by atoms with Crippen molar-refractivity contribution < 1.29 is 14.4 Å². The molecule has 1 saturated heterocycles. The Labute approximate surface area is 115 Å². The zero-order chi connectivity index (χ0) is 14.1. The fourth-order valence-electron chi connectivity index (χ4n) is 2.55. The smallest absolute Gasteiger partial charge is 0.234 e. The minimum absolute atomic E-state index is 0.246. The van der Waals surface area contributed by atoms with Crippen molar-refractivity contribution in [1.82, 2.24) is 10.3 Å². The average Bonchev–Trinajstić information content (AvgIpc) is 2.46. The minimum atomic E-state index is -0.393. The summed E-state index contributed by atoms with van der Waals surface area (Å²) in [7, 11) is 0. The second-order valence-corrected chi connectivity index (χ2v) is 4.81. The number of fused-ring (bicyclic) bond motifs is 1. The number of piperidine rings is 1. The number of aromatic nitrogens is 1. The summed E-state index contributed by atoms with van der Waals surface area (Å²) in [6, 6.07) is 7.17. The van der Waals surface area contributed by atoms with Crippen molar-refractivity contribution in [2.75, 3.05) is 0 Å². The summed E-state index contributed by atoms with van der Waals surface area (Å²) in [6.07, 6.45) is 3.15. The number of benzene rings is 1. The SMILES string of the molecule is O=Cc1cc(C2CCC(=O)NC2=O)cc2cccnc12. The number of hydrogen-bond acceptors (Lipinski definition) is 4. The maximum atomic E-state index is 11.9. The number of amides is 2. The van der Waals surface area contributed by atoms with E-state index in [1.165, 1.54) is 0 Å². The number of nitrogens with one attached hydrogen (secondary N) is 1. The van der Waals surface area contributed by atoms with Crippen molar-refractivity contribution in [2.45, 2.75) is 18.8 Å². The van der Waals surface area contributed by atoms with Gasteiger partial charge in [0.25, 0.3) is 0 Å². The van der Waals surface area contributed by atoms with Gasteiger partial charge in [-0.25, -0.2) is 0 Å². The molecule has 0 bridgehead atoms. The van der Waals surface area contributed by atoms with Gasteiger partial charge in [-0.2, -0.15) is 0 Å². The number of rotatable bonds is 2. The average molecular weight is 268 g/mol. The molecular formula is C15H12N2O3. The molecule has 2 amide bonds. The van der Waals surface area contributed by atoms with Crippen molar-refractivity contribution in [3.05, 3.63) is 41.6 Å². The Bertz CT molecular complexity index is 724. The monoisotopic (exact) mass is 268 g/mol. The zero-order valence-electron chi connectivity index (χ0n) is 10.6. The summed E-state index contributed by atoms with van der Waals surface area (Å²) in [5.74, 6) is -0.943. The Morgan fingerprint density at radius 1 is 1.30 bits per heavy atom. The van der Waals surface area contributed by atoms with Crippen LogP contribution in [0.25, 0.3) is 10.9 Å². The molecule has 100 valence electrons. The van der Waals surface area contributed by atoms with Crippen LogP contribution in [-0.4, -0.2) is 23.1 Å². The van der Waals surface area contributed by atoms with Crippen molar-refractivity contribution in [1.29, 1.82) is 0 Å². The van der Waals surface area contributed by atoms with Gasteiger partial charge in [-0.1, -0.05) is 6.07 Å². The van der Waals surface area contributed by atoms with Crippen LogP contribution in [0.3, 0.4) is 0 Å². The number of nitrogens with zero attached hydrogens (tertiary/aromatic N) is 1. The van der Waals surface area contributed by atoms with E-state index in [-0.39, 0.29) is 11.8 Å². The second kappa shape index (κ2) is 4.85. The number of carbonyl (C=O) groups excluding carboxylic acids is 3. The van der Waals surface area contributed by atoms with Gasteiger partial charge in [0.1, 0.15) is 0 Å². The lowest BCUT2D eigenvalue weighted by Crippen LogP contribution is -2.39. The van der Waals surface area contributed by atoms with Crippen molar-refractivity contribution in [3.63, 3.8) is 0 Å². The van der Waals surface area contributed by atoms with Gasteiger partial charge in [0.05, 0.1) is 11.4 Å². The quantitative estimate of drug-likeness (QED) is 0.662. The van der Waals surface area contributed by atoms with Crippen LogP contribution in [0, 0.1) is 0 Å². The Kier molecular flexibility index (Phi) is 3.02. The normalized spacial score (nSPS) is 18.9. The van der Waals surface area contributed by atoms with E-state index < -0.39 is 5.92 Å². The molecule has 5 nitrogen and oxygen atoms in total. The minimum Gasteiger partial charge on any atom is -0.298 e. The first-order valence-corrected chi connectivity index (χ1v) is 6.36. The van der Waals surface area contributed by atoms with Gasteiger partial charge in [0.2, 0.25) is 11.8 Å². The molecule has 1 unspecified atom stereocenters. The molecule has 1 aromatic carbocycles. The summed E-state index contributed by atoms with van der Waals surface area (Å²) in [4.78, 5) is 38.5. The van der Waals surface area contributed by atoms with Crippen LogP contribution in [0.2, 0.25) is 0 Å². The first-order valence-electron chi connectivity index (χ1n) is 6.36. The third kappa shape index (κ3) is 2.07. The molecule has 1 aliphatic heterocycles. The highest BCUT2D eigenvalue weighted by Gasteiger charge is 2.28. The van der Waals surface area contributed by atoms with Crippen LogP contribution < -0.4 is 5.32 Å². The topological polar surface area (TPSA) is 76.1 Å². The van der Waals surface area contributed by atoms with E-state index >= 15 is 0 Å². The van der Waals surface area contributed by atoms with Crippen LogP contribution >= 0.6 is 0 Å². The largest absolute Gasteiger partial charge is 0.298 e. The molecule has 20 heavy (non-hydrogen) atoms. The van der Waals surface area contributed by atoms with Gasteiger partial charge in [-0.3, -0.25) is 24.7 Å². The third-order valence-corrected chi connectivity index (χ3v) is 3.53. The number of hydrogen-bond donors (Lipinski definition) is 1. The number of pyridine rings is 1. The lowest BCUT2D eigenvalue weighted by atomic mass is 9.88. The molecular weight excluding hydrogens is 256 g/mol. The standard InChI is InChI=1S/C15H12N2O3/c18-8-11-7-10(6-9-2-1-5-16-14(9)11)12-3-4-13(19)17-15(12)20/h1-2,5-8,12H,3-4H2,(H,17,19,20). The highest BCUT2D eigenvalue weighted by Crippen LogP contribution is 2.28. The van der Waals surface area contributed by atoms with E-state index in [2.05, 4.69) is 10.3 Å². The summed E-state index contributed by atoms with van der Waals surface area (Å²) in [6.45, 7) is 0. The van der Waals surface area contributed by atoms with E-state index in [4.69, 9.17) is 0 Å². The Hall–Kier alpha value is -2.56. The van der Waals surface area contributed by atoms with Crippen LogP contribution in [0.15, 0.2) is 30.5 Å². The predicted molar refractivity (Wildman–Crippen MR) is 72.3 cm³/mol. The number of carbonyl (C=O) groups is 3. The molecule has 3 rings (SSSR count). The van der Waals surface area contributed by atoms with E-state index in [9.17, 15) is 14.4 Å². The van der Waals surface area contributed by atoms with Crippen molar-refractivity contribution >= 4 is 29.0 Å². The molecule has 0 saturated carbocycles. The Morgan fingerprint density at radius 3 is 2.90 bits per heavy atom. The molecule has 1 aromatic heterocycles. The molecule has 2 heterocycles. The molecule has 0 radical (unpaired) electrons. The molecule has 2 aromatic rings. The highest BCUT2D eigenvalue weighted by molar-refractivity contribution is 6.02. The maximum absolute atomic E-state index is 11.9. The van der Waals surface area contributed by atoms with E-state index in [1.54, 1.807) is 18.3 Å². The van der Waals surface area contributed by atoms with Gasteiger partial charge in [0, 0.05) is 23.6 Å². The summed E-state index contributed by atoms with van der Waals surface area (Å²) in [5, 5.41) is 3.15. The Balaban J connectivity index is 2.10. The van der Waals surface area contributed by atoms with Gasteiger partial charge < -0.3 is 0 Å². The maximum Gasteiger partial charge on any atom is 0.234 e. The molecule has 1 atom stereocenters. The molecule has 0 spiro atoms. The van der Waals surface area contributed by atoms with Crippen molar-refractivity contribution in [3.8, 4) is 0 Å². The zero-order valence-corrected chi connectivity index (χ0v) is 10.6. The summed E-state index contributed by atoms with van der Waals surface area (Å²) >= 11 is 0. The van der Waals surface area contributed by atoms with Crippen LogP contribution in [0.1, 0.15) is 34.7 Å². The lowest BCUT2D eigenvalue weighted by Gasteiger charge is -2.21. The van der Waals surface area contributed by atoms with Crippen molar-refractivity contribution in [2.24, 2.45) is 0 Å². The second-order valence-electron chi connectivity index (χ2n) is 4.81. The highest BCUT2D eigenvalue weighted by atomic mass is 16.2. The molecule has 0 aliphatic carbocycles. The predicted octanol–water partition coefficient (Wildman–Crippen LogP) is 1.57. The van der Waals surface area contributed by atoms with Gasteiger partial charge >= 0.3 is 0 Å². The van der Waals surface area contributed by atoms with Gasteiger partial charge in [-0.15, -0.1) is 0 Å². The van der Waals surface area contributed by atoms with Crippen LogP contribution in [0.4, 0.5) is 0 Å². The van der Waals surface area contributed by atoms with Crippen LogP contribution in [-0.2, 0) is 9.59 Å². The fraction of sp³-hybridized carbons (Fsp3) is 0.200. The molecule has 1 aliphatic rings. The fourth-order valence-corrected chi connectivity index (χ4v) is 2.55. The van der Waals surface area contributed by atoms with E-state index in [1.807, 2.05) is 12.1 Å². The van der Waals surface area contributed by atoms with E-state index in [0.29, 0.717) is 23.9 Å². The Morgan fingerprint density at radius 2 is 2.15 bits per heavy atom. The molecule has 1 N–H and O–H groups in total. The first kappa shape index (κ1) is 12.5.